The predicted octanol–water partition coefficient (Wildman–Crippen LogP) is 6.30. The van der Waals surface area contributed by atoms with Gasteiger partial charge in [0, 0.05) is 22.3 Å². The fourth-order valence-corrected chi connectivity index (χ4v) is 5.64. The van der Waals surface area contributed by atoms with E-state index in [0.29, 0.717) is 27.2 Å². The maximum atomic E-state index is 13.6. The molecule has 1 fully saturated rings. The van der Waals surface area contributed by atoms with Gasteiger partial charge in [0.1, 0.15) is 16.7 Å². The number of aryl methyl sites for hydroxylation is 1. The van der Waals surface area contributed by atoms with Gasteiger partial charge < -0.3 is 5.32 Å². The molecule has 2 amide bonds. The molecule has 8 heteroatoms. The van der Waals surface area contributed by atoms with Crippen LogP contribution in [0.1, 0.15) is 23.6 Å². The average molecular weight is 536 g/mol. The van der Waals surface area contributed by atoms with Crippen molar-refractivity contribution in [1.29, 1.82) is 5.26 Å². The van der Waals surface area contributed by atoms with Crippen molar-refractivity contribution in [3.8, 4) is 6.07 Å². The van der Waals surface area contributed by atoms with Crippen molar-refractivity contribution in [1.82, 2.24) is 5.32 Å². The average Bonchev–Trinajstić information content (AvgIpc) is 3.20. The Bertz CT molecular complexity index is 1350. The second kappa shape index (κ2) is 11.7. The standard InChI is InChI=1S/C28H23Cl2N3O2S/c1-2-18-8-12-22(13-9-18)33-27(35)25(14-20-10-11-21(29)15-24(20)30)36-28(33)23(16-31)26(34)32-17-19-6-4-3-5-7-19/h3-13,15,25H,2,14,17H2,1H3,(H,32,34)/b28-23-. The molecule has 182 valence electrons. The highest BCUT2D eigenvalue weighted by molar-refractivity contribution is 8.05. The topological polar surface area (TPSA) is 73.2 Å². The smallest absolute Gasteiger partial charge is 0.264 e. The summed E-state index contributed by atoms with van der Waals surface area (Å²) in [5.41, 5.74) is 3.29. The summed E-state index contributed by atoms with van der Waals surface area (Å²) >= 11 is 13.6. The fraction of sp³-hybridized carbons (Fsp3) is 0.179. The summed E-state index contributed by atoms with van der Waals surface area (Å²) in [6.07, 6.45) is 1.19. The molecule has 1 N–H and O–H groups in total. The number of anilines is 1. The Kier molecular flexibility index (Phi) is 8.37. The molecule has 36 heavy (non-hydrogen) atoms. The molecule has 1 saturated heterocycles. The van der Waals surface area contributed by atoms with Gasteiger partial charge in [0.2, 0.25) is 5.91 Å². The Morgan fingerprint density at radius 3 is 2.42 bits per heavy atom. The van der Waals surface area contributed by atoms with Gasteiger partial charge in [0.15, 0.2) is 0 Å². The molecule has 0 saturated carbocycles. The molecule has 3 aromatic rings. The SMILES string of the molecule is CCc1ccc(N2C(=O)C(Cc3ccc(Cl)cc3Cl)S/C2=C(/C#N)C(=O)NCc2ccccc2)cc1. The van der Waals surface area contributed by atoms with Gasteiger partial charge in [-0.15, -0.1) is 0 Å². The lowest BCUT2D eigenvalue weighted by Crippen LogP contribution is -2.32. The number of nitrogens with zero attached hydrogens (tertiary/aromatic N) is 2. The van der Waals surface area contributed by atoms with Crippen LogP contribution in [0.25, 0.3) is 0 Å². The molecule has 5 nitrogen and oxygen atoms in total. The molecular weight excluding hydrogens is 513 g/mol. The van der Waals surface area contributed by atoms with E-state index >= 15 is 0 Å². The Labute approximate surface area is 224 Å². The number of nitriles is 1. The highest BCUT2D eigenvalue weighted by atomic mass is 35.5. The van der Waals surface area contributed by atoms with Gasteiger partial charge in [-0.05, 0) is 53.8 Å². The molecule has 0 radical (unpaired) electrons. The lowest BCUT2D eigenvalue weighted by atomic mass is 10.1. The van der Waals surface area contributed by atoms with E-state index in [2.05, 4.69) is 5.32 Å². The van der Waals surface area contributed by atoms with Crippen molar-refractivity contribution >= 4 is 52.5 Å². The minimum Gasteiger partial charge on any atom is -0.347 e. The van der Waals surface area contributed by atoms with Crippen LogP contribution in [0.15, 0.2) is 83.4 Å². The third kappa shape index (κ3) is 5.76. The van der Waals surface area contributed by atoms with Crippen LogP contribution in [-0.2, 0) is 29.0 Å². The molecule has 0 aliphatic carbocycles. The fourth-order valence-electron chi connectivity index (χ4n) is 3.86. The zero-order valence-electron chi connectivity index (χ0n) is 19.5. The molecule has 0 bridgehead atoms. The van der Waals surface area contributed by atoms with Crippen LogP contribution in [0.4, 0.5) is 5.69 Å². The number of rotatable bonds is 7. The van der Waals surface area contributed by atoms with E-state index in [1.54, 1.807) is 18.2 Å². The summed E-state index contributed by atoms with van der Waals surface area (Å²) in [6, 6.07) is 24.2. The molecular formula is C28H23Cl2N3O2S. The van der Waals surface area contributed by atoms with Crippen LogP contribution in [0, 0.1) is 11.3 Å². The van der Waals surface area contributed by atoms with Crippen molar-refractivity contribution in [2.24, 2.45) is 0 Å². The van der Waals surface area contributed by atoms with Gasteiger partial charge in [-0.2, -0.15) is 5.26 Å². The molecule has 1 atom stereocenters. The molecule has 1 unspecified atom stereocenters. The quantitative estimate of drug-likeness (QED) is 0.284. The second-order valence-electron chi connectivity index (χ2n) is 8.20. The van der Waals surface area contributed by atoms with Gasteiger partial charge >= 0.3 is 0 Å². The summed E-state index contributed by atoms with van der Waals surface area (Å²) in [6.45, 7) is 2.32. The Hall–Kier alpha value is -3.24. The van der Waals surface area contributed by atoms with Gasteiger partial charge in [-0.3, -0.25) is 14.5 Å². The third-order valence-electron chi connectivity index (χ3n) is 5.82. The van der Waals surface area contributed by atoms with E-state index in [9.17, 15) is 14.9 Å². The van der Waals surface area contributed by atoms with Crippen LogP contribution >= 0.6 is 35.0 Å². The van der Waals surface area contributed by atoms with Crippen LogP contribution in [0.3, 0.4) is 0 Å². The van der Waals surface area contributed by atoms with Crippen molar-refractivity contribution in [3.05, 3.63) is 110 Å². The molecule has 0 aromatic heterocycles. The first kappa shape index (κ1) is 25.8. The van der Waals surface area contributed by atoms with Gasteiger partial charge in [-0.25, -0.2) is 0 Å². The summed E-state index contributed by atoms with van der Waals surface area (Å²) in [5.74, 6) is -0.745. The minimum atomic E-state index is -0.560. The van der Waals surface area contributed by atoms with E-state index in [1.807, 2.05) is 67.6 Å². The van der Waals surface area contributed by atoms with E-state index in [-0.39, 0.29) is 18.0 Å². The first-order valence-electron chi connectivity index (χ1n) is 11.4. The zero-order valence-corrected chi connectivity index (χ0v) is 21.8. The van der Waals surface area contributed by atoms with Crippen LogP contribution in [0.2, 0.25) is 10.0 Å². The van der Waals surface area contributed by atoms with Crippen LogP contribution in [0.5, 0.6) is 0 Å². The van der Waals surface area contributed by atoms with Gasteiger partial charge in [0.25, 0.3) is 5.91 Å². The van der Waals surface area contributed by atoms with Crippen molar-refractivity contribution in [2.75, 3.05) is 4.90 Å². The van der Waals surface area contributed by atoms with Gasteiger partial charge in [-0.1, -0.05) is 90.4 Å². The Balaban J connectivity index is 1.68. The highest BCUT2D eigenvalue weighted by Gasteiger charge is 2.41. The summed E-state index contributed by atoms with van der Waals surface area (Å²) in [7, 11) is 0. The van der Waals surface area contributed by atoms with Crippen LogP contribution in [-0.4, -0.2) is 17.1 Å². The summed E-state index contributed by atoms with van der Waals surface area (Å²) < 4.78 is 0. The zero-order chi connectivity index (χ0) is 25.7. The number of nitrogens with one attached hydrogen (secondary N) is 1. The molecule has 1 heterocycles. The third-order valence-corrected chi connectivity index (χ3v) is 7.67. The molecule has 0 spiro atoms. The van der Waals surface area contributed by atoms with Crippen LogP contribution < -0.4 is 10.2 Å². The number of benzene rings is 3. The van der Waals surface area contributed by atoms with Crippen molar-refractivity contribution < 1.29 is 9.59 Å². The Morgan fingerprint density at radius 1 is 1.06 bits per heavy atom. The minimum absolute atomic E-state index is 0.103. The molecule has 1 aliphatic rings. The molecule has 1 aliphatic heterocycles. The Morgan fingerprint density at radius 2 is 1.78 bits per heavy atom. The van der Waals surface area contributed by atoms with Gasteiger partial charge in [0.05, 0.1) is 5.25 Å². The molecule has 4 rings (SSSR count). The highest BCUT2D eigenvalue weighted by Crippen LogP contribution is 2.42. The summed E-state index contributed by atoms with van der Waals surface area (Å²) in [4.78, 5) is 28.2. The maximum Gasteiger partial charge on any atom is 0.264 e. The first-order chi connectivity index (χ1) is 17.4. The lowest BCUT2D eigenvalue weighted by Gasteiger charge is -2.19. The van der Waals surface area contributed by atoms with E-state index in [4.69, 9.17) is 23.2 Å². The lowest BCUT2D eigenvalue weighted by molar-refractivity contribution is -0.117. The normalized spacial score (nSPS) is 16.6. The predicted molar refractivity (Wildman–Crippen MR) is 146 cm³/mol. The first-order valence-corrected chi connectivity index (χ1v) is 13.0. The number of amides is 2. The van der Waals surface area contributed by atoms with E-state index in [0.717, 1.165) is 23.1 Å². The number of carbonyl (C=O) groups excluding carboxylic acids is 2. The molecule has 3 aromatic carbocycles. The van der Waals surface area contributed by atoms with Crippen molar-refractivity contribution in [3.63, 3.8) is 0 Å². The number of thioether (sulfide) groups is 1. The number of halogens is 2. The maximum absolute atomic E-state index is 13.6. The number of carbonyl (C=O) groups is 2. The van der Waals surface area contributed by atoms with E-state index in [1.165, 1.54) is 16.7 Å². The van der Waals surface area contributed by atoms with E-state index < -0.39 is 11.2 Å². The number of hydrogen-bond donors (Lipinski definition) is 1. The summed E-state index contributed by atoms with van der Waals surface area (Å²) in [5, 5.41) is 13.5. The monoisotopic (exact) mass is 535 g/mol. The second-order valence-corrected chi connectivity index (χ2v) is 10.2. The largest absolute Gasteiger partial charge is 0.347 e. The number of hydrogen-bond acceptors (Lipinski definition) is 4. The van der Waals surface area contributed by atoms with Crippen molar-refractivity contribution in [2.45, 2.75) is 31.6 Å².